The third-order valence-electron chi connectivity index (χ3n) is 3.62. The molecule has 0 aliphatic carbocycles. The number of hydrogen-bond donors (Lipinski definition) is 1. The quantitative estimate of drug-likeness (QED) is 0.674. The van der Waals surface area contributed by atoms with E-state index in [9.17, 15) is 4.79 Å². The molecule has 2 heterocycles. The first-order valence-corrected chi connectivity index (χ1v) is 9.67. The molecule has 0 radical (unpaired) electrons. The SMILES string of the molecule is CC(Oc1ccc(C(C)C)cc1)C(=O)Nc1nnc(-c2cccs2)s1. The predicted octanol–water partition coefficient (Wildman–Crippen LogP) is 4.80. The van der Waals surface area contributed by atoms with E-state index in [1.54, 1.807) is 18.3 Å². The summed E-state index contributed by atoms with van der Waals surface area (Å²) < 4.78 is 5.71. The van der Waals surface area contributed by atoms with Gasteiger partial charge in [-0.15, -0.1) is 21.5 Å². The number of amides is 1. The van der Waals surface area contributed by atoms with Crippen LogP contribution in [0.5, 0.6) is 5.75 Å². The number of thiophene rings is 1. The van der Waals surface area contributed by atoms with Crippen LogP contribution in [0.1, 0.15) is 32.3 Å². The van der Waals surface area contributed by atoms with E-state index in [2.05, 4.69) is 29.4 Å². The number of hydrogen-bond acceptors (Lipinski definition) is 6. The van der Waals surface area contributed by atoms with Gasteiger partial charge in [-0.25, -0.2) is 0 Å². The molecule has 130 valence electrons. The van der Waals surface area contributed by atoms with E-state index in [0.29, 0.717) is 16.8 Å². The average Bonchev–Trinajstić information content (AvgIpc) is 3.26. The van der Waals surface area contributed by atoms with Gasteiger partial charge < -0.3 is 4.74 Å². The van der Waals surface area contributed by atoms with Crippen molar-refractivity contribution in [2.24, 2.45) is 0 Å². The van der Waals surface area contributed by atoms with E-state index >= 15 is 0 Å². The summed E-state index contributed by atoms with van der Waals surface area (Å²) in [4.78, 5) is 13.3. The number of aromatic nitrogens is 2. The van der Waals surface area contributed by atoms with Gasteiger partial charge in [-0.2, -0.15) is 0 Å². The first-order chi connectivity index (χ1) is 12.0. The van der Waals surface area contributed by atoms with E-state index in [-0.39, 0.29) is 5.91 Å². The number of ether oxygens (including phenoxy) is 1. The molecule has 0 fully saturated rings. The lowest BCUT2D eigenvalue weighted by molar-refractivity contribution is -0.122. The smallest absolute Gasteiger partial charge is 0.266 e. The molecule has 1 N–H and O–H groups in total. The molecule has 1 atom stereocenters. The molecule has 1 amide bonds. The van der Waals surface area contributed by atoms with Gasteiger partial charge in [0.1, 0.15) is 5.75 Å². The van der Waals surface area contributed by atoms with Crippen molar-refractivity contribution >= 4 is 33.7 Å². The predicted molar refractivity (Wildman–Crippen MR) is 102 cm³/mol. The van der Waals surface area contributed by atoms with Crippen LogP contribution in [0.2, 0.25) is 0 Å². The van der Waals surface area contributed by atoms with Crippen LogP contribution >= 0.6 is 22.7 Å². The molecule has 0 aliphatic heterocycles. The van der Waals surface area contributed by atoms with Gasteiger partial charge in [0, 0.05) is 0 Å². The van der Waals surface area contributed by atoms with Crippen LogP contribution in [-0.4, -0.2) is 22.2 Å². The summed E-state index contributed by atoms with van der Waals surface area (Å²) in [6, 6.07) is 11.7. The fraction of sp³-hybridized carbons (Fsp3) is 0.278. The van der Waals surface area contributed by atoms with E-state index in [0.717, 1.165) is 9.88 Å². The van der Waals surface area contributed by atoms with Crippen molar-refractivity contribution in [3.8, 4) is 15.6 Å². The number of benzene rings is 1. The lowest BCUT2D eigenvalue weighted by Gasteiger charge is -2.14. The molecule has 7 heteroatoms. The molecule has 0 saturated heterocycles. The van der Waals surface area contributed by atoms with E-state index in [1.807, 2.05) is 41.8 Å². The Morgan fingerprint density at radius 2 is 1.88 bits per heavy atom. The molecule has 1 unspecified atom stereocenters. The summed E-state index contributed by atoms with van der Waals surface area (Å²) in [5, 5.41) is 14.1. The van der Waals surface area contributed by atoms with Crippen molar-refractivity contribution < 1.29 is 9.53 Å². The van der Waals surface area contributed by atoms with E-state index in [4.69, 9.17) is 4.74 Å². The summed E-state index contributed by atoms with van der Waals surface area (Å²) >= 11 is 2.94. The van der Waals surface area contributed by atoms with Gasteiger partial charge in [0.25, 0.3) is 5.91 Å². The van der Waals surface area contributed by atoms with E-state index < -0.39 is 6.10 Å². The molecule has 0 aliphatic rings. The largest absolute Gasteiger partial charge is 0.481 e. The van der Waals surface area contributed by atoms with Crippen molar-refractivity contribution in [2.75, 3.05) is 5.32 Å². The Hall–Kier alpha value is -2.25. The number of nitrogens with one attached hydrogen (secondary N) is 1. The van der Waals surface area contributed by atoms with Crippen LogP contribution in [-0.2, 0) is 4.79 Å². The second-order valence-corrected chi connectivity index (χ2v) is 7.79. The van der Waals surface area contributed by atoms with Crippen molar-refractivity contribution in [2.45, 2.75) is 32.8 Å². The number of carbonyl (C=O) groups is 1. The fourth-order valence-corrected chi connectivity index (χ4v) is 3.71. The summed E-state index contributed by atoms with van der Waals surface area (Å²) in [6.07, 6.45) is -0.626. The van der Waals surface area contributed by atoms with Crippen molar-refractivity contribution in [3.05, 3.63) is 47.3 Å². The molecular formula is C18H19N3O2S2. The van der Waals surface area contributed by atoms with Gasteiger partial charge in [-0.3, -0.25) is 10.1 Å². The standard InChI is InChI=1S/C18H19N3O2S2/c1-11(2)13-6-8-14(9-7-13)23-12(3)16(22)19-18-21-20-17(25-18)15-5-4-10-24-15/h4-12H,1-3H3,(H,19,21,22). The molecular weight excluding hydrogens is 354 g/mol. The molecule has 0 spiro atoms. The molecule has 5 nitrogen and oxygen atoms in total. The monoisotopic (exact) mass is 373 g/mol. The molecule has 3 aromatic rings. The topological polar surface area (TPSA) is 64.1 Å². The van der Waals surface area contributed by atoms with Gasteiger partial charge in [0.2, 0.25) is 5.13 Å². The Bertz CT molecular complexity index is 826. The Morgan fingerprint density at radius 3 is 2.52 bits per heavy atom. The third-order valence-corrected chi connectivity index (χ3v) is 5.49. The van der Waals surface area contributed by atoms with Gasteiger partial charge in [0.15, 0.2) is 11.1 Å². The highest BCUT2D eigenvalue weighted by Crippen LogP contribution is 2.29. The number of carbonyl (C=O) groups excluding carboxylic acids is 1. The maximum atomic E-state index is 12.3. The van der Waals surface area contributed by atoms with Crippen molar-refractivity contribution in [1.29, 1.82) is 0 Å². The molecule has 0 bridgehead atoms. The van der Waals surface area contributed by atoms with Crippen LogP contribution in [0.25, 0.3) is 9.88 Å². The van der Waals surface area contributed by atoms with Gasteiger partial charge >= 0.3 is 0 Å². The second-order valence-electron chi connectivity index (χ2n) is 5.86. The number of anilines is 1. The van der Waals surface area contributed by atoms with Crippen LogP contribution in [0.15, 0.2) is 41.8 Å². The Kier molecular flexibility index (Phi) is 5.45. The molecule has 2 aromatic heterocycles. The minimum absolute atomic E-state index is 0.248. The molecule has 0 saturated carbocycles. The summed E-state index contributed by atoms with van der Waals surface area (Å²) in [6.45, 7) is 5.99. The lowest BCUT2D eigenvalue weighted by atomic mass is 10.0. The van der Waals surface area contributed by atoms with Crippen molar-refractivity contribution in [1.82, 2.24) is 10.2 Å². The Morgan fingerprint density at radius 1 is 1.12 bits per heavy atom. The Balaban J connectivity index is 1.59. The highest BCUT2D eigenvalue weighted by atomic mass is 32.1. The zero-order valence-corrected chi connectivity index (χ0v) is 15.9. The van der Waals surface area contributed by atoms with Crippen molar-refractivity contribution in [3.63, 3.8) is 0 Å². The fourth-order valence-electron chi connectivity index (χ4n) is 2.17. The van der Waals surface area contributed by atoms with Gasteiger partial charge in [-0.1, -0.05) is 43.4 Å². The van der Waals surface area contributed by atoms with E-state index in [1.165, 1.54) is 16.9 Å². The Labute approximate surface area is 154 Å². The summed E-state index contributed by atoms with van der Waals surface area (Å²) in [5.74, 6) is 0.884. The molecule has 3 rings (SSSR count). The van der Waals surface area contributed by atoms with Gasteiger partial charge in [0.05, 0.1) is 4.88 Å². The zero-order valence-electron chi connectivity index (χ0n) is 14.2. The first kappa shape index (κ1) is 17.6. The average molecular weight is 374 g/mol. The summed E-state index contributed by atoms with van der Waals surface area (Å²) in [7, 11) is 0. The van der Waals surface area contributed by atoms with Crippen LogP contribution in [0.4, 0.5) is 5.13 Å². The highest BCUT2D eigenvalue weighted by Gasteiger charge is 2.17. The van der Waals surface area contributed by atoms with Gasteiger partial charge in [-0.05, 0) is 42.0 Å². The van der Waals surface area contributed by atoms with Crippen LogP contribution < -0.4 is 10.1 Å². The maximum absolute atomic E-state index is 12.3. The normalized spacial score (nSPS) is 12.2. The maximum Gasteiger partial charge on any atom is 0.266 e. The molecule has 1 aromatic carbocycles. The number of nitrogens with zero attached hydrogens (tertiary/aromatic N) is 2. The molecule has 25 heavy (non-hydrogen) atoms. The first-order valence-electron chi connectivity index (χ1n) is 7.98. The van der Waals surface area contributed by atoms with Crippen LogP contribution in [0.3, 0.4) is 0 Å². The van der Waals surface area contributed by atoms with Crippen LogP contribution in [0, 0.1) is 0 Å². The minimum Gasteiger partial charge on any atom is -0.481 e. The lowest BCUT2D eigenvalue weighted by Crippen LogP contribution is -2.30. The minimum atomic E-state index is -0.626. The summed E-state index contributed by atoms with van der Waals surface area (Å²) in [5.41, 5.74) is 1.24. The third kappa shape index (κ3) is 4.43. The second kappa shape index (κ2) is 7.76. The zero-order chi connectivity index (χ0) is 17.8. The number of rotatable bonds is 6. The highest BCUT2D eigenvalue weighted by molar-refractivity contribution is 7.23.